The summed E-state index contributed by atoms with van der Waals surface area (Å²) < 4.78 is 46.6. The van der Waals surface area contributed by atoms with Crippen molar-refractivity contribution in [3.8, 4) is 5.75 Å². The molecular weight excluding hydrogens is 385 g/mol. The van der Waals surface area contributed by atoms with Gasteiger partial charge in [-0.1, -0.05) is 37.0 Å². The van der Waals surface area contributed by atoms with E-state index in [2.05, 4.69) is 5.10 Å². The number of benzene rings is 1. The van der Waals surface area contributed by atoms with Gasteiger partial charge in [0.1, 0.15) is 5.75 Å². The van der Waals surface area contributed by atoms with Crippen molar-refractivity contribution in [2.45, 2.75) is 71.2 Å². The molecule has 3 rings (SSSR count). The molecule has 1 heterocycles. The number of carbonyl (C=O) groups excluding carboxylic acids is 1. The van der Waals surface area contributed by atoms with Gasteiger partial charge in [0, 0.05) is 12.1 Å². The molecule has 1 aromatic carbocycles. The molecule has 1 fully saturated rings. The minimum Gasteiger partial charge on any atom is -0.483 e. The van der Waals surface area contributed by atoms with Crippen molar-refractivity contribution in [2.24, 2.45) is 11.0 Å². The summed E-state index contributed by atoms with van der Waals surface area (Å²) in [6, 6.07) is 3.74. The molecular formula is C21H27F3N2O3. The fourth-order valence-electron chi connectivity index (χ4n) is 4.31. The fourth-order valence-corrected chi connectivity index (χ4v) is 4.31. The maximum atomic E-state index is 13.7. The van der Waals surface area contributed by atoms with E-state index in [4.69, 9.17) is 4.74 Å². The molecule has 1 N–H and O–H groups in total. The van der Waals surface area contributed by atoms with E-state index in [9.17, 15) is 23.1 Å². The van der Waals surface area contributed by atoms with Crippen molar-refractivity contribution < 1.29 is 27.8 Å². The molecule has 0 saturated heterocycles. The van der Waals surface area contributed by atoms with Gasteiger partial charge in [0.25, 0.3) is 11.6 Å². The van der Waals surface area contributed by atoms with Crippen molar-refractivity contribution in [1.82, 2.24) is 5.01 Å². The van der Waals surface area contributed by atoms with Gasteiger partial charge in [0.05, 0.1) is 0 Å². The molecule has 1 atom stereocenters. The third-order valence-corrected chi connectivity index (χ3v) is 5.72. The zero-order valence-corrected chi connectivity index (χ0v) is 17.0. The van der Waals surface area contributed by atoms with Crippen LogP contribution in [0, 0.1) is 26.7 Å². The monoisotopic (exact) mass is 412 g/mol. The highest BCUT2D eigenvalue weighted by molar-refractivity contribution is 5.92. The van der Waals surface area contributed by atoms with Crippen LogP contribution < -0.4 is 4.74 Å². The first-order chi connectivity index (χ1) is 13.5. The van der Waals surface area contributed by atoms with Crippen LogP contribution in [0.25, 0.3) is 0 Å². The first-order valence-electron chi connectivity index (χ1n) is 9.93. The van der Waals surface area contributed by atoms with Gasteiger partial charge in [0.15, 0.2) is 6.61 Å². The maximum Gasteiger partial charge on any atom is 0.438 e. The van der Waals surface area contributed by atoms with Crippen LogP contribution in [0.4, 0.5) is 13.2 Å². The van der Waals surface area contributed by atoms with Crippen LogP contribution in [0.3, 0.4) is 0 Å². The lowest BCUT2D eigenvalue weighted by molar-refractivity contribution is -0.302. The predicted octanol–water partition coefficient (Wildman–Crippen LogP) is 4.41. The van der Waals surface area contributed by atoms with E-state index >= 15 is 0 Å². The zero-order valence-electron chi connectivity index (χ0n) is 17.0. The Labute approximate surface area is 168 Å². The quantitative estimate of drug-likeness (QED) is 0.797. The first-order valence-corrected chi connectivity index (χ1v) is 9.93. The van der Waals surface area contributed by atoms with Crippen molar-refractivity contribution >= 4 is 11.6 Å². The van der Waals surface area contributed by atoms with Crippen LogP contribution >= 0.6 is 0 Å². The molecule has 1 aliphatic heterocycles. The van der Waals surface area contributed by atoms with Crippen molar-refractivity contribution in [1.29, 1.82) is 0 Å². The number of carbonyl (C=O) groups is 1. The number of hydrogen-bond donors (Lipinski definition) is 1. The molecule has 1 saturated carbocycles. The standard InChI is InChI=1S/C21H27F3N2O3/c1-13-9-14(2)19(15(3)10-13)29-12-18(27)26-20(28,21(22,23)24)11-17(25-26)16-7-5-4-6-8-16/h9-10,16,28H,4-8,11-12H2,1-3H3/t20-/m0/s1. The summed E-state index contributed by atoms with van der Waals surface area (Å²) in [6.07, 6.45) is -1.39. The number of hydrogen-bond acceptors (Lipinski definition) is 4. The molecule has 1 aliphatic carbocycles. The van der Waals surface area contributed by atoms with Gasteiger partial charge in [-0.25, -0.2) is 0 Å². The van der Waals surface area contributed by atoms with Gasteiger partial charge >= 0.3 is 6.18 Å². The molecule has 29 heavy (non-hydrogen) atoms. The topological polar surface area (TPSA) is 62.1 Å². The van der Waals surface area contributed by atoms with Gasteiger partial charge in [-0.05, 0) is 50.7 Å². The van der Waals surface area contributed by atoms with E-state index in [0.717, 1.165) is 48.8 Å². The number of halogens is 3. The average Bonchev–Trinajstić information content (AvgIpc) is 3.00. The van der Waals surface area contributed by atoms with Crippen molar-refractivity contribution in [3.05, 3.63) is 28.8 Å². The number of aryl methyl sites for hydroxylation is 3. The number of rotatable bonds is 4. The van der Waals surface area contributed by atoms with Gasteiger partial charge < -0.3 is 9.84 Å². The summed E-state index contributed by atoms with van der Waals surface area (Å²) in [5.74, 6) is -0.692. The zero-order chi connectivity index (χ0) is 21.4. The van der Waals surface area contributed by atoms with Crippen LogP contribution in [-0.4, -0.2) is 40.2 Å². The second-order valence-corrected chi connectivity index (χ2v) is 8.14. The summed E-state index contributed by atoms with van der Waals surface area (Å²) in [5, 5.41) is 14.6. The number of amides is 1. The minimum absolute atomic E-state index is 0.127. The van der Waals surface area contributed by atoms with Gasteiger partial charge in [-0.2, -0.15) is 23.3 Å². The third kappa shape index (κ3) is 4.27. The molecule has 0 aromatic heterocycles. The van der Waals surface area contributed by atoms with Gasteiger partial charge in [-0.3, -0.25) is 4.79 Å². The number of aliphatic hydroxyl groups is 1. The lowest BCUT2D eigenvalue weighted by Gasteiger charge is -2.32. The predicted molar refractivity (Wildman–Crippen MR) is 103 cm³/mol. The Morgan fingerprint density at radius 3 is 2.34 bits per heavy atom. The average molecular weight is 412 g/mol. The lowest BCUT2D eigenvalue weighted by Crippen LogP contribution is -2.57. The highest BCUT2D eigenvalue weighted by Gasteiger charge is 2.63. The molecule has 2 aliphatic rings. The van der Waals surface area contributed by atoms with E-state index in [0.29, 0.717) is 5.75 Å². The van der Waals surface area contributed by atoms with Crippen LogP contribution in [-0.2, 0) is 4.79 Å². The highest BCUT2D eigenvalue weighted by atomic mass is 19.4. The Morgan fingerprint density at radius 2 is 1.79 bits per heavy atom. The van der Waals surface area contributed by atoms with Crippen LogP contribution in [0.1, 0.15) is 55.2 Å². The Bertz CT molecular complexity index is 793. The van der Waals surface area contributed by atoms with Crippen LogP contribution in [0.15, 0.2) is 17.2 Å². The van der Waals surface area contributed by atoms with E-state index in [1.807, 2.05) is 19.1 Å². The summed E-state index contributed by atoms with van der Waals surface area (Å²) >= 11 is 0. The largest absolute Gasteiger partial charge is 0.483 e. The Morgan fingerprint density at radius 1 is 1.21 bits per heavy atom. The first kappa shape index (κ1) is 21.6. The number of ether oxygens (including phenoxy) is 1. The molecule has 8 heteroatoms. The molecule has 160 valence electrons. The van der Waals surface area contributed by atoms with Crippen molar-refractivity contribution in [2.75, 3.05) is 6.61 Å². The summed E-state index contributed by atoms with van der Waals surface area (Å²) in [6.45, 7) is 4.90. The molecule has 0 unspecified atom stereocenters. The molecule has 0 spiro atoms. The molecule has 1 amide bonds. The number of nitrogens with zero attached hydrogens (tertiary/aromatic N) is 2. The van der Waals surface area contributed by atoms with E-state index in [-0.39, 0.29) is 16.6 Å². The second-order valence-electron chi connectivity index (χ2n) is 8.14. The Kier molecular flexibility index (Phi) is 5.94. The normalized spacial score (nSPS) is 23.3. The molecule has 0 bridgehead atoms. The number of alkyl halides is 3. The Balaban J connectivity index is 1.81. The maximum absolute atomic E-state index is 13.7. The fraction of sp³-hybridized carbons (Fsp3) is 0.619. The summed E-state index contributed by atoms with van der Waals surface area (Å²) in [4.78, 5) is 12.6. The highest BCUT2D eigenvalue weighted by Crippen LogP contribution is 2.43. The summed E-state index contributed by atoms with van der Waals surface area (Å²) in [7, 11) is 0. The van der Waals surface area contributed by atoms with E-state index in [1.54, 1.807) is 13.8 Å². The molecule has 1 aromatic rings. The van der Waals surface area contributed by atoms with Crippen molar-refractivity contribution in [3.63, 3.8) is 0 Å². The number of hydrazone groups is 1. The lowest BCUT2D eigenvalue weighted by atomic mass is 9.83. The Hall–Kier alpha value is -2.09. The van der Waals surface area contributed by atoms with Gasteiger partial charge in [-0.15, -0.1) is 0 Å². The van der Waals surface area contributed by atoms with Crippen LogP contribution in [0.5, 0.6) is 5.75 Å². The second kappa shape index (κ2) is 7.97. The molecule has 0 radical (unpaired) electrons. The van der Waals surface area contributed by atoms with Crippen LogP contribution in [0.2, 0.25) is 0 Å². The summed E-state index contributed by atoms with van der Waals surface area (Å²) in [5.41, 5.74) is -0.479. The third-order valence-electron chi connectivity index (χ3n) is 5.72. The van der Waals surface area contributed by atoms with E-state index in [1.165, 1.54) is 0 Å². The minimum atomic E-state index is -5.02. The smallest absolute Gasteiger partial charge is 0.438 e. The SMILES string of the molecule is Cc1cc(C)c(OCC(=O)N2N=C(C3CCCCC3)C[C@]2(O)C(F)(F)F)c(C)c1. The van der Waals surface area contributed by atoms with E-state index < -0.39 is 30.8 Å². The van der Waals surface area contributed by atoms with Gasteiger partial charge in [0.2, 0.25) is 0 Å². The molecule has 5 nitrogen and oxygen atoms in total.